The first-order valence-corrected chi connectivity index (χ1v) is 10.2. The molecule has 1 N–H and O–H groups in total. The first-order chi connectivity index (χ1) is 10.8. The number of hydrogen-bond acceptors (Lipinski definition) is 4. The van der Waals surface area contributed by atoms with Gasteiger partial charge in [-0.2, -0.15) is 11.8 Å². The molecule has 0 bridgehead atoms. The van der Waals surface area contributed by atoms with Crippen LogP contribution in [-0.4, -0.2) is 52.8 Å². The van der Waals surface area contributed by atoms with Crippen molar-refractivity contribution in [2.24, 2.45) is 0 Å². The minimum Gasteiger partial charge on any atom is -0.444 e. The van der Waals surface area contributed by atoms with E-state index in [0.717, 1.165) is 37.6 Å². The summed E-state index contributed by atoms with van der Waals surface area (Å²) < 4.78 is 5.59. The molecular weight excluding hydrogens is 308 g/mol. The van der Waals surface area contributed by atoms with Crippen LogP contribution >= 0.6 is 11.8 Å². The summed E-state index contributed by atoms with van der Waals surface area (Å²) in [5, 5.41) is 4.46. The van der Waals surface area contributed by atoms with E-state index in [1.54, 1.807) is 0 Å². The van der Waals surface area contributed by atoms with E-state index in [-0.39, 0.29) is 6.09 Å². The molecule has 4 nitrogen and oxygen atoms in total. The SMILES string of the molecule is CC(CC1CCCCN1C(=O)OC(C)(C)C)NCC1CCCS1. The van der Waals surface area contributed by atoms with Gasteiger partial charge in [-0.05, 0) is 72.0 Å². The summed E-state index contributed by atoms with van der Waals surface area (Å²) in [4.78, 5) is 14.4. The Kier molecular flexibility index (Phi) is 7.08. The molecule has 0 aromatic carbocycles. The molecule has 0 radical (unpaired) electrons. The number of rotatable bonds is 5. The summed E-state index contributed by atoms with van der Waals surface area (Å²) in [6.45, 7) is 10.0. The van der Waals surface area contributed by atoms with Crippen LogP contribution in [0.15, 0.2) is 0 Å². The zero-order valence-corrected chi connectivity index (χ0v) is 16.1. The van der Waals surface area contributed by atoms with Crippen molar-refractivity contribution in [3.05, 3.63) is 0 Å². The van der Waals surface area contributed by atoms with E-state index in [1.165, 1.54) is 25.0 Å². The number of hydrogen-bond donors (Lipinski definition) is 1. The van der Waals surface area contributed by atoms with Crippen LogP contribution in [0.1, 0.15) is 66.2 Å². The molecule has 0 spiro atoms. The first kappa shape index (κ1) is 18.9. The van der Waals surface area contributed by atoms with Crippen molar-refractivity contribution in [3.63, 3.8) is 0 Å². The molecule has 5 heteroatoms. The maximum Gasteiger partial charge on any atom is 0.410 e. The number of carbonyl (C=O) groups is 1. The second kappa shape index (κ2) is 8.61. The van der Waals surface area contributed by atoms with Gasteiger partial charge in [-0.3, -0.25) is 0 Å². The third-order valence-electron chi connectivity index (χ3n) is 4.60. The fourth-order valence-corrected chi connectivity index (χ4v) is 4.65. The zero-order valence-electron chi connectivity index (χ0n) is 15.3. The van der Waals surface area contributed by atoms with Gasteiger partial charge >= 0.3 is 6.09 Å². The van der Waals surface area contributed by atoms with Gasteiger partial charge in [-0.15, -0.1) is 0 Å². The number of thioether (sulfide) groups is 1. The predicted molar refractivity (Wildman–Crippen MR) is 98.1 cm³/mol. The molecule has 1 amide bonds. The molecule has 134 valence electrons. The zero-order chi connectivity index (χ0) is 16.9. The number of likely N-dealkylation sites (tertiary alicyclic amines) is 1. The normalized spacial score (nSPS) is 27.0. The molecule has 2 saturated heterocycles. The molecule has 3 atom stereocenters. The van der Waals surface area contributed by atoms with Crippen LogP contribution in [0, 0.1) is 0 Å². The first-order valence-electron chi connectivity index (χ1n) is 9.20. The third-order valence-corrected chi connectivity index (χ3v) is 6.00. The summed E-state index contributed by atoms with van der Waals surface area (Å²) in [5.74, 6) is 1.32. The topological polar surface area (TPSA) is 41.6 Å². The van der Waals surface area contributed by atoms with Crippen LogP contribution in [0.25, 0.3) is 0 Å². The second-order valence-corrected chi connectivity index (χ2v) is 9.41. The largest absolute Gasteiger partial charge is 0.444 e. The second-order valence-electron chi connectivity index (χ2n) is 8.00. The molecule has 0 aromatic rings. The van der Waals surface area contributed by atoms with E-state index in [9.17, 15) is 4.79 Å². The van der Waals surface area contributed by atoms with Crippen molar-refractivity contribution in [1.29, 1.82) is 0 Å². The maximum atomic E-state index is 12.5. The molecular formula is C18H34N2O2S. The van der Waals surface area contributed by atoms with Crippen LogP contribution in [0.3, 0.4) is 0 Å². The predicted octanol–water partition coefficient (Wildman–Crippen LogP) is 4.04. The van der Waals surface area contributed by atoms with Crippen LogP contribution in [0.5, 0.6) is 0 Å². The number of piperidine rings is 1. The number of nitrogens with zero attached hydrogens (tertiary/aromatic N) is 1. The molecule has 23 heavy (non-hydrogen) atoms. The molecule has 2 fully saturated rings. The summed E-state index contributed by atoms with van der Waals surface area (Å²) in [7, 11) is 0. The lowest BCUT2D eigenvalue weighted by molar-refractivity contribution is 0.00792. The average Bonchev–Trinajstić information content (AvgIpc) is 2.97. The van der Waals surface area contributed by atoms with Gasteiger partial charge in [0.15, 0.2) is 0 Å². The van der Waals surface area contributed by atoms with E-state index >= 15 is 0 Å². The highest BCUT2D eigenvalue weighted by Gasteiger charge is 2.31. The highest BCUT2D eigenvalue weighted by atomic mass is 32.2. The summed E-state index contributed by atoms with van der Waals surface area (Å²) in [6, 6.07) is 0.765. The fraction of sp³-hybridized carbons (Fsp3) is 0.944. The molecule has 0 saturated carbocycles. The van der Waals surface area contributed by atoms with E-state index < -0.39 is 5.60 Å². The van der Waals surface area contributed by atoms with E-state index in [4.69, 9.17) is 4.74 Å². The van der Waals surface area contributed by atoms with E-state index in [2.05, 4.69) is 24.0 Å². The average molecular weight is 343 g/mol. The molecule has 2 rings (SSSR count). The Hall–Kier alpha value is -0.420. The Morgan fingerprint density at radius 3 is 2.74 bits per heavy atom. The van der Waals surface area contributed by atoms with Gasteiger partial charge in [-0.25, -0.2) is 4.79 Å². The van der Waals surface area contributed by atoms with Gasteiger partial charge in [0.05, 0.1) is 0 Å². The summed E-state index contributed by atoms with van der Waals surface area (Å²) in [6.07, 6.45) is 7.00. The number of ether oxygens (including phenoxy) is 1. The van der Waals surface area contributed by atoms with Crippen molar-refractivity contribution in [2.45, 2.75) is 89.2 Å². The third kappa shape index (κ3) is 6.54. The highest BCUT2D eigenvalue weighted by Crippen LogP contribution is 2.26. The number of nitrogens with one attached hydrogen (secondary N) is 1. The van der Waals surface area contributed by atoms with Gasteiger partial charge in [0.25, 0.3) is 0 Å². The number of amides is 1. The van der Waals surface area contributed by atoms with E-state index in [0.29, 0.717) is 12.1 Å². The number of carbonyl (C=O) groups excluding carboxylic acids is 1. The van der Waals surface area contributed by atoms with Crippen molar-refractivity contribution in [3.8, 4) is 0 Å². The van der Waals surface area contributed by atoms with Crippen LogP contribution in [-0.2, 0) is 4.74 Å². The van der Waals surface area contributed by atoms with Gasteiger partial charge < -0.3 is 15.0 Å². The Balaban J connectivity index is 1.81. The minimum atomic E-state index is -0.414. The molecule has 2 heterocycles. The van der Waals surface area contributed by atoms with Crippen molar-refractivity contribution in [1.82, 2.24) is 10.2 Å². The Morgan fingerprint density at radius 2 is 2.09 bits per heavy atom. The van der Waals surface area contributed by atoms with Crippen molar-refractivity contribution >= 4 is 17.9 Å². The molecule has 2 aliphatic rings. The lowest BCUT2D eigenvalue weighted by atomic mass is 9.96. The Morgan fingerprint density at radius 1 is 1.30 bits per heavy atom. The maximum absolute atomic E-state index is 12.5. The standard InChI is InChI=1S/C18H34N2O2S/c1-14(19-13-16-9-7-11-23-16)12-15-8-5-6-10-20(15)17(21)22-18(2,3)4/h14-16,19H,5-13H2,1-4H3. The monoisotopic (exact) mass is 342 g/mol. The van der Waals surface area contributed by atoms with E-state index in [1.807, 2.05) is 25.7 Å². The molecule has 0 aromatic heterocycles. The smallest absolute Gasteiger partial charge is 0.410 e. The van der Waals surface area contributed by atoms with Crippen molar-refractivity contribution in [2.75, 3.05) is 18.8 Å². The lowest BCUT2D eigenvalue weighted by Crippen LogP contribution is -2.48. The Bertz CT molecular complexity index is 378. The van der Waals surface area contributed by atoms with Gasteiger partial charge in [0.1, 0.15) is 5.60 Å². The quantitative estimate of drug-likeness (QED) is 0.819. The highest BCUT2D eigenvalue weighted by molar-refractivity contribution is 8.00. The van der Waals surface area contributed by atoms with Crippen LogP contribution in [0.2, 0.25) is 0 Å². The van der Waals surface area contributed by atoms with Crippen molar-refractivity contribution < 1.29 is 9.53 Å². The summed E-state index contributed by atoms with van der Waals surface area (Å²) in [5.41, 5.74) is -0.414. The van der Waals surface area contributed by atoms with Crippen LogP contribution in [0.4, 0.5) is 4.79 Å². The molecule has 0 aliphatic carbocycles. The van der Waals surface area contributed by atoms with Gasteiger partial charge in [0.2, 0.25) is 0 Å². The lowest BCUT2D eigenvalue weighted by Gasteiger charge is -2.38. The minimum absolute atomic E-state index is 0.138. The van der Waals surface area contributed by atoms with Gasteiger partial charge in [-0.1, -0.05) is 0 Å². The fourth-order valence-electron chi connectivity index (χ4n) is 3.44. The molecule has 2 aliphatic heterocycles. The molecule has 3 unspecified atom stereocenters. The van der Waals surface area contributed by atoms with Gasteiger partial charge in [0, 0.05) is 30.4 Å². The Labute approximate surface area is 146 Å². The van der Waals surface area contributed by atoms with Crippen LogP contribution < -0.4 is 5.32 Å². The summed E-state index contributed by atoms with van der Waals surface area (Å²) >= 11 is 2.10.